The molecule has 0 saturated carbocycles. The van der Waals surface area contributed by atoms with Crippen molar-refractivity contribution in [3.8, 4) is 5.75 Å². The van der Waals surface area contributed by atoms with E-state index in [1.165, 1.54) is 22.9 Å². The van der Waals surface area contributed by atoms with Crippen molar-refractivity contribution in [3.05, 3.63) is 106 Å². The summed E-state index contributed by atoms with van der Waals surface area (Å²) in [5.41, 5.74) is 1.47. The number of hydrogen-bond donors (Lipinski definition) is 2. The van der Waals surface area contributed by atoms with Gasteiger partial charge in [-0.3, -0.25) is 14.6 Å². The second-order valence-corrected chi connectivity index (χ2v) is 9.47. The van der Waals surface area contributed by atoms with Crippen LogP contribution in [0.3, 0.4) is 0 Å². The number of aromatic nitrogens is 2. The van der Waals surface area contributed by atoms with E-state index in [-0.39, 0.29) is 18.7 Å². The fourth-order valence-electron chi connectivity index (χ4n) is 4.62. The molecule has 5 rings (SSSR count). The number of rotatable bonds is 8. The number of ether oxygens (including phenoxy) is 1. The van der Waals surface area contributed by atoms with Crippen molar-refractivity contribution in [2.24, 2.45) is 5.92 Å². The number of nitrogens with zero attached hydrogens (tertiary/aromatic N) is 2. The topological polar surface area (TPSA) is 85.2 Å². The first-order chi connectivity index (χ1) is 18.5. The summed E-state index contributed by atoms with van der Waals surface area (Å²) in [6.07, 6.45) is 5.50. The van der Waals surface area contributed by atoms with E-state index in [9.17, 15) is 18.4 Å². The first kappa shape index (κ1) is 25.5. The molecule has 1 aliphatic rings. The first-order valence-corrected chi connectivity index (χ1v) is 12.6. The molecule has 0 bridgehead atoms. The largest absolute Gasteiger partial charge is 0.492 e. The summed E-state index contributed by atoms with van der Waals surface area (Å²) < 4.78 is 34.2. The van der Waals surface area contributed by atoms with Gasteiger partial charge in [0.2, 0.25) is 0 Å². The molecule has 0 radical (unpaired) electrons. The lowest BCUT2D eigenvalue weighted by atomic mass is 10.0. The van der Waals surface area contributed by atoms with Crippen molar-refractivity contribution in [1.82, 2.24) is 20.2 Å². The average molecular weight is 519 g/mol. The van der Waals surface area contributed by atoms with Gasteiger partial charge in [-0.15, -0.1) is 0 Å². The lowest BCUT2D eigenvalue weighted by molar-refractivity contribution is 0.0949. The van der Waals surface area contributed by atoms with Gasteiger partial charge < -0.3 is 19.9 Å². The SMILES string of the molecule is O=C(NCc1ccc2nccc(OC[C@@H]3CCCNC3)c2c1)c1cccn(Cc2ccc(F)c(F)c2)c1=O. The number of carbonyl (C=O) groups excluding carboxylic acids is 1. The van der Waals surface area contributed by atoms with Gasteiger partial charge in [0, 0.05) is 36.8 Å². The minimum atomic E-state index is -0.991. The number of piperidine rings is 1. The van der Waals surface area contributed by atoms with Gasteiger partial charge in [-0.2, -0.15) is 0 Å². The number of hydrogen-bond acceptors (Lipinski definition) is 5. The molecule has 196 valence electrons. The van der Waals surface area contributed by atoms with E-state index in [0.29, 0.717) is 18.1 Å². The Kier molecular flexibility index (Phi) is 7.74. The highest BCUT2D eigenvalue weighted by molar-refractivity contribution is 5.93. The third-order valence-corrected chi connectivity index (χ3v) is 6.69. The minimum Gasteiger partial charge on any atom is -0.492 e. The Morgan fingerprint density at radius 2 is 1.97 bits per heavy atom. The number of carbonyl (C=O) groups is 1. The Hall–Kier alpha value is -4.11. The van der Waals surface area contributed by atoms with Crippen LogP contribution in [0.15, 0.2) is 71.8 Å². The molecule has 2 aromatic carbocycles. The molecule has 4 aromatic rings. The van der Waals surface area contributed by atoms with Gasteiger partial charge in [0.1, 0.15) is 11.3 Å². The molecular formula is C29H28F2N4O3. The molecule has 0 unspecified atom stereocenters. The van der Waals surface area contributed by atoms with Crippen molar-refractivity contribution in [2.45, 2.75) is 25.9 Å². The van der Waals surface area contributed by atoms with Crippen molar-refractivity contribution in [3.63, 3.8) is 0 Å². The molecule has 1 saturated heterocycles. The van der Waals surface area contributed by atoms with Gasteiger partial charge in [-0.05, 0) is 73.0 Å². The van der Waals surface area contributed by atoms with Gasteiger partial charge in [0.15, 0.2) is 11.6 Å². The highest BCUT2D eigenvalue weighted by atomic mass is 19.2. The zero-order chi connectivity index (χ0) is 26.5. The lowest BCUT2D eigenvalue weighted by Gasteiger charge is -2.23. The summed E-state index contributed by atoms with van der Waals surface area (Å²) >= 11 is 0. The van der Waals surface area contributed by atoms with Crippen LogP contribution in [0.5, 0.6) is 5.75 Å². The van der Waals surface area contributed by atoms with Gasteiger partial charge in [0.25, 0.3) is 11.5 Å². The number of amides is 1. The van der Waals surface area contributed by atoms with E-state index < -0.39 is 23.1 Å². The molecule has 9 heteroatoms. The summed E-state index contributed by atoms with van der Waals surface area (Å²) in [7, 11) is 0. The molecule has 3 heterocycles. The van der Waals surface area contributed by atoms with E-state index in [4.69, 9.17) is 4.74 Å². The third-order valence-electron chi connectivity index (χ3n) is 6.69. The Balaban J connectivity index is 1.27. The monoisotopic (exact) mass is 518 g/mol. The Morgan fingerprint density at radius 1 is 1.11 bits per heavy atom. The van der Waals surface area contributed by atoms with Crippen molar-refractivity contribution < 1.29 is 18.3 Å². The van der Waals surface area contributed by atoms with Gasteiger partial charge in [-0.25, -0.2) is 8.78 Å². The van der Waals surface area contributed by atoms with Crippen LogP contribution in [0.4, 0.5) is 8.78 Å². The van der Waals surface area contributed by atoms with Crippen molar-refractivity contribution in [2.75, 3.05) is 19.7 Å². The van der Waals surface area contributed by atoms with Crippen molar-refractivity contribution in [1.29, 1.82) is 0 Å². The third kappa shape index (κ3) is 5.89. The second-order valence-electron chi connectivity index (χ2n) is 9.47. The van der Waals surface area contributed by atoms with Crippen molar-refractivity contribution >= 4 is 16.8 Å². The predicted molar refractivity (Wildman–Crippen MR) is 140 cm³/mol. The number of pyridine rings is 2. The van der Waals surface area contributed by atoms with E-state index in [1.54, 1.807) is 12.3 Å². The van der Waals surface area contributed by atoms with Gasteiger partial charge >= 0.3 is 0 Å². The number of fused-ring (bicyclic) bond motifs is 1. The summed E-state index contributed by atoms with van der Waals surface area (Å²) in [4.78, 5) is 30.2. The smallest absolute Gasteiger partial charge is 0.263 e. The quantitative estimate of drug-likeness (QED) is 0.368. The molecule has 1 atom stereocenters. The average Bonchev–Trinajstić information content (AvgIpc) is 2.94. The summed E-state index contributed by atoms with van der Waals surface area (Å²) in [6.45, 7) is 2.83. The van der Waals surface area contributed by atoms with E-state index in [1.807, 2.05) is 24.3 Å². The second kappa shape index (κ2) is 11.5. The fourth-order valence-corrected chi connectivity index (χ4v) is 4.62. The standard InChI is InChI=1S/C29H28F2N4O3/c30-24-7-5-20(14-25(24)31)17-35-12-2-4-22(29(35)37)28(36)34-16-19-6-8-26-23(13-19)27(9-11-33-26)38-18-21-3-1-10-32-15-21/h2,4-9,11-14,21,32H,1,3,10,15-18H2,(H,34,36)/t21-/m1/s1. The van der Waals surface area contributed by atoms with Gasteiger partial charge in [0.05, 0.1) is 18.7 Å². The normalized spacial score (nSPS) is 15.4. The first-order valence-electron chi connectivity index (χ1n) is 12.6. The number of benzene rings is 2. The predicted octanol–water partition coefficient (Wildman–Crippen LogP) is 4.03. The Morgan fingerprint density at radius 3 is 2.79 bits per heavy atom. The molecule has 1 amide bonds. The van der Waals surface area contributed by atoms with Crippen LogP contribution >= 0.6 is 0 Å². The van der Waals surface area contributed by atoms with E-state index in [2.05, 4.69) is 15.6 Å². The van der Waals surface area contributed by atoms with Crippen LogP contribution in [0, 0.1) is 17.6 Å². The van der Waals surface area contributed by atoms with Crippen LogP contribution in [0.1, 0.15) is 34.3 Å². The summed E-state index contributed by atoms with van der Waals surface area (Å²) in [5.74, 6) is -1.26. The zero-order valence-electron chi connectivity index (χ0n) is 20.8. The molecule has 0 aliphatic carbocycles. The highest BCUT2D eigenvalue weighted by Gasteiger charge is 2.16. The molecule has 0 spiro atoms. The molecule has 2 aromatic heterocycles. The number of nitrogens with one attached hydrogen (secondary N) is 2. The molecule has 38 heavy (non-hydrogen) atoms. The van der Waals surface area contributed by atoms with Crippen LogP contribution in [0.2, 0.25) is 0 Å². The maximum Gasteiger partial charge on any atom is 0.263 e. The minimum absolute atomic E-state index is 0.00846. The molecule has 1 aliphatic heterocycles. The summed E-state index contributed by atoms with van der Waals surface area (Å²) in [5, 5.41) is 7.05. The molecule has 2 N–H and O–H groups in total. The van der Waals surface area contributed by atoms with Crippen LogP contribution in [-0.2, 0) is 13.1 Å². The number of halogens is 2. The van der Waals surface area contributed by atoms with Crippen LogP contribution < -0.4 is 20.9 Å². The Labute approximate surface area is 218 Å². The van der Waals surface area contributed by atoms with E-state index in [0.717, 1.165) is 60.3 Å². The fraction of sp³-hybridized carbons (Fsp3) is 0.276. The van der Waals surface area contributed by atoms with Crippen LogP contribution in [0.25, 0.3) is 10.9 Å². The zero-order valence-corrected chi connectivity index (χ0v) is 20.8. The maximum atomic E-state index is 13.6. The van der Waals surface area contributed by atoms with Crippen LogP contribution in [-0.4, -0.2) is 35.2 Å². The molecular weight excluding hydrogens is 490 g/mol. The Bertz CT molecular complexity index is 1520. The maximum absolute atomic E-state index is 13.6. The highest BCUT2D eigenvalue weighted by Crippen LogP contribution is 2.26. The van der Waals surface area contributed by atoms with Gasteiger partial charge in [-0.1, -0.05) is 12.1 Å². The lowest BCUT2D eigenvalue weighted by Crippen LogP contribution is -2.33. The molecule has 7 nitrogen and oxygen atoms in total. The molecule has 1 fully saturated rings. The summed E-state index contributed by atoms with van der Waals surface area (Å²) in [6, 6.07) is 14.0. The van der Waals surface area contributed by atoms with E-state index >= 15 is 0 Å².